The Morgan fingerprint density at radius 1 is 1.45 bits per heavy atom. The molecule has 5 nitrogen and oxygen atoms in total. The summed E-state index contributed by atoms with van der Waals surface area (Å²) in [4.78, 5) is 18.4. The van der Waals surface area contributed by atoms with Crippen LogP contribution in [0.15, 0.2) is 18.5 Å². The van der Waals surface area contributed by atoms with Crippen LogP contribution in [-0.4, -0.2) is 30.0 Å². The molecule has 1 N–H and O–H groups in total. The number of nitrogens with zero attached hydrogens (tertiary/aromatic N) is 3. The van der Waals surface area contributed by atoms with Gasteiger partial charge in [-0.15, -0.1) is 0 Å². The van der Waals surface area contributed by atoms with E-state index in [-0.39, 0.29) is 11.8 Å². The normalized spacial score (nSPS) is 22.1. The lowest BCUT2D eigenvalue weighted by Gasteiger charge is -2.33. The molecule has 1 saturated carbocycles. The molecule has 104 valence electrons. The molecule has 2 heterocycles. The van der Waals surface area contributed by atoms with Crippen LogP contribution in [0.4, 0.5) is 5.69 Å². The number of carbonyl (C=O) groups is 1. The Balaban J connectivity index is 1.71. The van der Waals surface area contributed by atoms with E-state index in [1.54, 1.807) is 18.5 Å². The molecule has 1 aromatic heterocycles. The van der Waals surface area contributed by atoms with Gasteiger partial charge in [-0.05, 0) is 31.7 Å². The van der Waals surface area contributed by atoms with Gasteiger partial charge in [0.1, 0.15) is 6.07 Å². The molecule has 1 unspecified atom stereocenters. The summed E-state index contributed by atoms with van der Waals surface area (Å²) >= 11 is 0. The van der Waals surface area contributed by atoms with Crippen LogP contribution in [0.2, 0.25) is 0 Å². The Morgan fingerprint density at radius 2 is 2.30 bits per heavy atom. The standard InChI is InChI=1S/C15H18N4O/c16-8-11-5-6-17-9-14(11)19-7-1-2-12(10-19)15(20)18-13-3-4-13/h5-6,9,12-13H,1-4,7,10H2,(H,18,20). The highest BCUT2D eigenvalue weighted by atomic mass is 16.2. The van der Waals surface area contributed by atoms with Crippen molar-refractivity contribution in [2.75, 3.05) is 18.0 Å². The molecule has 1 aromatic rings. The second-order valence-corrected chi connectivity index (χ2v) is 5.57. The molecular weight excluding hydrogens is 252 g/mol. The maximum absolute atomic E-state index is 12.2. The molecule has 0 spiro atoms. The van der Waals surface area contributed by atoms with Gasteiger partial charge in [-0.1, -0.05) is 0 Å². The zero-order valence-electron chi connectivity index (χ0n) is 11.4. The number of carbonyl (C=O) groups excluding carboxylic acids is 1. The maximum atomic E-state index is 12.2. The van der Waals surface area contributed by atoms with E-state index in [9.17, 15) is 4.79 Å². The summed E-state index contributed by atoms with van der Waals surface area (Å²) in [6, 6.07) is 4.33. The molecule has 1 amide bonds. The van der Waals surface area contributed by atoms with Crippen molar-refractivity contribution >= 4 is 11.6 Å². The molecule has 0 aromatic carbocycles. The van der Waals surface area contributed by atoms with E-state index in [1.165, 1.54) is 0 Å². The van der Waals surface area contributed by atoms with Gasteiger partial charge in [-0.3, -0.25) is 9.78 Å². The third-order valence-corrected chi connectivity index (χ3v) is 3.98. The number of piperidine rings is 1. The van der Waals surface area contributed by atoms with Crippen LogP contribution in [0.25, 0.3) is 0 Å². The van der Waals surface area contributed by atoms with Crippen molar-refractivity contribution in [2.24, 2.45) is 5.92 Å². The zero-order chi connectivity index (χ0) is 13.9. The average molecular weight is 270 g/mol. The van der Waals surface area contributed by atoms with Gasteiger partial charge in [0, 0.05) is 25.3 Å². The van der Waals surface area contributed by atoms with E-state index >= 15 is 0 Å². The lowest BCUT2D eigenvalue weighted by atomic mass is 9.96. The first-order chi connectivity index (χ1) is 9.78. The molecule has 0 bridgehead atoms. The number of nitriles is 1. The predicted octanol–water partition coefficient (Wildman–Crippen LogP) is 1.45. The third kappa shape index (κ3) is 2.74. The number of pyridine rings is 1. The van der Waals surface area contributed by atoms with Gasteiger partial charge < -0.3 is 10.2 Å². The Hall–Kier alpha value is -2.09. The number of nitrogens with one attached hydrogen (secondary N) is 1. The highest BCUT2D eigenvalue weighted by molar-refractivity contribution is 5.80. The minimum Gasteiger partial charge on any atom is -0.368 e. The number of amides is 1. The second kappa shape index (κ2) is 5.49. The summed E-state index contributed by atoms with van der Waals surface area (Å²) in [6.45, 7) is 1.56. The first-order valence-electron chi connectivity index (χ1n) is 7.17. The van der Waals surface area contributed by atoms with Crippen LogP contribution >= 0.6 is 0 Å². The summed E-state index contributed by atoms with van der Waals surface area (Å²) in [6.07, 6.45) is 7.48. The first kappa shape index (κ1) is 12.9. The van der Waals surface area contributed by atoms with Crippen LogP contribution in [0.1, 0.15) is 31.2 Å². The van der Waals surface area contributed by atoms with Crippen molar-refractivity contribution in [3.63, 3.8) is 0 Å². The minimum absolute atomic E-state index is 0.0242. The molecule has 3 rings (SSSR count). The van der Waals surface area contributed by atoms with Crippen molar-refractivity contribution in [3.05, 3.63) is 24.0 Å². The zero-order valence-corrected chi connectivity index (χ0v) is 11.4. The Kier molecular flexibility index (Phi) is 3.55. The molecule has 1 saturated heterocycles. The number of aromatic nitrogens is 1. The molecule has 5 heteroatoms. The largest absolute Gasteiger partial charge is 0.368 e. The fraction of sp³-hybridized carbons (Fsp3) is 0.533. The molecule has 2 aliphatic rings. The lowest BCUT2D eigenvalue weighted by Crippen LogP contribution is -2.43. The van der Waals surface area contributed by atoms with Gasteiger partial charge in [-0.2, -0.15) is 5.26 Å². The monoisotopic (exact) mass is 270 g/mol. The number of anilines is 1. The number of hydrogen-bond donors (Lipinski definition) is 1. The summed E-state index contributed by atoms with van der Waals surface area (Å²) in [5.74, 6) is 0.190. The van der Waals surface area contributed by atoms with Gasteiger partial charge in [0.2, 0.25) is 5.91 Å². The van der Waals surface area contributed by atoms with Gasteiger partial charge in [0.25, 0.3) is 0 Å². The summed E-state index contributed by atoms with van der Waals surface area (Å²) < 4.78 is 0. The van der Waals surface area contributed by atoms with Crippen molar-refractivity contribution in [3.8, 4) is 6.07 Å². The Morgan fingerprint density at radius 3 is 3.05 bits per heavy atom. The van der Waals surface area contributed by atoms with E-state index < -0.39 is 0 Å². The van der Waals surface area contributed by atoms with Crippen LogP contribution in [0.5, 0.6) is 0 Å². The SMILES string of the molecule is N#Cc1ccncc1N1CCCC(C(=O)NC2CC2)C1. The van der Waals surface area contributed by atoms with E-state index in [2.05, 4.69) is 21.3 Å². The van der Waals surface area contributed by atoms with Crippen molar-refractivity contribution in [1.82, 2.24) is 10.3 Å². The van der Waals surface area contributed by atoms with Crippen LogP contribution < -0.4 is 10.2 Å². The molecule has 1 aliphatic heterocycles. The van der Waals surface area contributed by atoms with Gasteiger partial charge >= 0.3 is 0 Å². The Labute approximate surface area is 118 Å². The topological polar surface area (TPSA) is 69.0 Å². The summed E-state index contributed by atoms with van der Waals surface area (Å²) in [5.41, 5.74) is 1.47. The summed E-state index contributed by atoms with van der Waals surface area (Å²) in [5, 5.41) is 12.2. The number of hydrogen-bond acceptors (Lipinski definition) is 4. The van der Waals surface area contributed by atoms with Crippen molar-refractivity contribution in [2.45, 2.75) is 31.7 Å². The van der Waals surface area contributed by atoms with Crippen LogP contribution in [0.3, 0.4) is 0 Å². The quantitative estimate of drug-likeness (QED) is 0.902. The fourth-order valence-electron chi connectivity index (χ4n) is 2.69. The van der Waals surface area contributed by atoms with E-state index in [0.29, 0.717) is 18.2 Å². The summed E-state index contributed by atoms with van der Waals surface area (Å²) in [7, 11) is 0. The van der Waals surface area contributed by atoms with Crippen LogP contribution in [0, 0.1) is 17.2 Å². The molecule has 2 fully saturated rings. The van der Waals surface area contributed by atoms with Crippen molar-refractivity contribution < 1.29 is 4.79 Å². The molecule has 20 heavy (non-hydrogen) atoms. The first-order valence-corrected chi connectivity index (χ1v) is 7.17. The van der Waals surface area contributed by atoms with Gasteiger partial charge in [0.05, 0.1) is 23.4 Å². The van der Waals surface area contributed by atoms with Crippen LogP contribution in [-0.2, 0) is 4.79 Å². The smallest absolute Gasteiger partial charge is 0.225 e. The highest BCUT2D eigenvalue weighted by Crippen LogP contribution is 2.26. The molecule has 0 radical (unpaired) electrons. The van der Waals surface area contributed by atoms with E-state index in [4.69, 9.17) is 5.26 Å². The molecule has 1 atom stereocenters. The maximum Gasteiger partial charge on any atom is 0.225 e. The van der Waals surface area contributed by atoms with Gasteiger partial charge in [0.15, 0.2) is 0 Å². The van der Waals surface area contributed by atoms with Crippen molar-refractivity contribution in [1.29, 1.82) is 5.26 Å². The average Bonchev–Trinajstić information content (AvgIpc) is 3.31. The molecular formula is C15H18N4O. The minimum atomic E-state index is 0.0242. The number of rotatable bonds is 3. The Bertz CT molecular complexity index is 547. The van der Waals surface area contributed by atoms with E-state index in [1.807, 2.05) is 0 Å². The van der Waals surface area contributed by atoms with Gasteiger partial charge in [-0.25, -0.2) is 0 Å². The lowest BCUT2D eigenvalue weighted by molar-refractivity contribution is -0.125. The molecule has 1 aliphatic carbocycles. The fourth-order valence-corrected chi connectivity index (χ4v) is 2.69. The predicted molar refractivity (Wildman–Crippen MR) is 75.1 cm³/mol. The highest BCUT2D eigenvalue weighted by Gasteiger charge is 2.31. The second-order valence-electron chi connectivity index (χ2n) is 5.57. The third-order valence-electron chi connectivity index (χ3n) is 3.98. The van der Waals surface area contributed by atoms with E-state index in [0.717, 1.165) is 37.9 Å².